The SMILES string of the molecule is CN=C(NCC(=O)NCc1ccc(OC)cc1)N1CCSC(C(C)C)C1.I. The van der Waals surface area contributed by atoms with Gasteiger partial charge in [0.05, 0.1) is 13.7 Å². The van der Waals surface area contributed by atoms with Crippen molar-refractivity contribution in [3.05, 3.63) is 29.8 Å². The average molecular weight is 506 g/mol. The summed E-state index contributed by atoms with van der Waals surface area (Å²) in [5.41, 5.74) is 1.04. The molecule has 0 aromatic heterocycles. The number of aliphatic imine (C=N–C) groups is 1. The van der Waals surface area contributed by atoms with Crippen LogP contribution in [-0.2, 0) is 11.3 Å². The first kappa shape index (κ1) is 23.9. The smallest absolute Gasteiger partial charge is 0.239 e. The maximum atomic E-state index is 12.1. The standard InChI is InChI=1S/C19H30N4O2S.HI/c1-14(2)17-13-23(9-10-26-17)19(20-3)22-12-18(24)21-11-15-5-7-16(25-4)8-6-15;/h5-8,14,17H,9-13H2,1-4H3,(H,20,22)(H,21,24);1H. The summed E-state index contributed by atoms with van der Waals surface area (Å²) in [5, 5.41) is 6.72. The molecule has 1 heterocycles. The van der Waals surface area contributed by atoms with Gasteiger partial charge < -0.3 is 20.3 Å². The maximum absolute atomic E-state index is 12.1. The number of hydrogen-bond donors (Lipinski definition) is 2. The van der Waals surface area contributed by atoms with Crippen molar-refractivity contribution in [3.63, 3.8) is 0 Å². The number of carbonyl (C=O) groups is 1. The molecule has 1 atom stereocenters. The van der Waals surface area contributed by atoms with Crippen LogP contribution in [-0.4, -0.2) is 61.6 Å². The molecule has 0 aliphatic carbocycles. The highest BCUT2D eigenvalue weighted by molar-refractivity contribution is 14.0. The van der Waals surface area contributed by atoms with E-state index in [1.54, 1.807) is 14.2 Å². The molecule has 1 amide bonds. The summed E-state index contributed by atoms with van der Waals surface area (Å²) in [7, 11) is 3.41. The molecule has 0 radical (unpaired) electrons. The highest BCUT2D eigenvalue weighted by Gasteiger charge is 2.24. The van der Waals surface area contributed by atoms with E-state index in [0.717, 1.165) is 36.1 Å². The van der Waals surface area contributed by atoms with E-state index < -0.39 is 0 Å². The molecular formula is C19H31IN4O2S. The monoisotopic (exact) mass is 506 g/mol. The molecule has 0 spiro atoms. The van der Waals surface area contributed by atoms with Crippen molar-refractivity contribution in [2.45, 2.75) is 25.6 Å². The van der Waals surface area contributed by atoms with Crippen molar-refractivity contribution >= 4 is 47.6 Å². The second kappa shape index (κ2) is 12.3. The third-order valence-corrected chi connectivity index (χ3v) is 5.94. The van der Waals surface area contributed by atoms with Gasteiger partial charge in [0.25, 0.3) is 0 Å². The number of nitrogens with one attached hydrogen (secondary N) is 2. The van der Waals surface area contributed by atoms with E-state index in [2.05, 4.69) is 34.4 Å². The molecule has 1 unspecified atom stereocenters. The average Bonchev–Trinajstić information content (AvgIpc) is 2.67. The topological polar surface area (TPSA) is 66.0 Å². The number of rotatable bonds is 6. The van der Waals surface area contributed by atoms with E-state index in [0.29, 0.717) is 17.7 Å². The molecule has 0 bridgehead atoms. The number of carbonyl (C=O) groups excluding carboxylic acids is 1. The Morgan fingerprint density at radius 1 is 1.33 bits per heavy atom. The second-order valence-corrected chi connectivity index (χ2v) is 7.97. The Balaban J connectivity index is 0.00000364. The van der Waals surface area contributed by atoms with Gasteiger partial charge in [-0.25, -0.2) is 0 Å². The predicted molar refractivity (Wildman–Crippen MR) is 124 cm³/mol. The highest BCUT2D eigenvalue weighted by atomic mass is 127. The van der Waals surface area contributed by atoms with Crippen LogP contribution >= 0.6 is 35.7 Å². The lowest BCUT2D eigenvalue weighted by Crippen LogP contribution is -2.50. The van der Waals surface area contributed by atoms with Crippen LogP contribution in [0.2, 0.25) is 0 Å². The van der Waals surface area contributed by atoms with Crippen LogP contribution in [0.5, 0.6) is 5.75 Å². The first-order valence-corrected chi connectivity index (χ1v) is 10.0. The van der Waals surface area contributed by atoms with E-state index in [4.69, 9.17) is 4.74 Å². The van der Waals surface area contributed by atoms with Crippen molar-refractivity contribution in [1.29, 1.82) is 0 Å². The third-order valence-electron chi connectivity index (χ3n) is 4.40. The quantitative estimate of drug-likeness (QED) is 0.353. The summed E-state index contributed by atoms with van der Waals surface area (Å²) >= 11 is 2.02. The second-order valence-electron chi connectivity index (χ2n) is 6.62. The summed E-state index contributed by atoms with van der Waals surface area (Å²) in [6.07, 6.45) is 0. The predicted octanol–water partition coefficient (Wildman–Crippen LogP) is 2.58. The molecule has 1 aromatic rings. The van der Waals surface area contributed by atoms with Crippen LogP contribution in [0.15, 0.2) is 29.3 Å². The Bertz CT molecular complexity index is 610. The summed E-state index contributed by atoms with van der Waals surface area (Å²) in [4.78, 5) is 18.7. The molecule has 6 nitrogen and oxygen atoms in total. The van der Waals surface area contributed by atoms with Crippen LogP contribution in [0.4, 0.5) is 0 Å². The van der Waals surface area contributed by atoms with Crippen molar-refractivity contribution in [3.8, 4) is 5.75 Å². The van der Waals surface area contributed by atoms with Gasteiger partial charge in [-0.2, -0.15) is 11.8 Å². The number of guanidine groups is 1. The zero-order valence-corrected chi connectivity index (χ0v) is 19.7. The van der Waals surface area contributed by atoms with Gasteiger partial charge in [0, 0.05) is 37.7 Å². The van der Waals surface area contributed by atoms with Gasteiger partial charge in [-0.15, -0.1) is 24.0 Å². The van der Waals surface area contributed by atoms with E-state index in [1.165, 1.54) is 0 Å². The summed E-state index contributed by atoms with van der Waals surface area (Å²) in [5.74, 6) is 3.29. The lowest BCUT2D eigenvalue weighted by Gasteiger charge is -2.36. The Labute approximate surface area is 183 Å². The van der Waals surface area contributed by atoms with Crippen molar-refractivity contribution < 1.29 is 9.53 Å². The zero-order chi connectivity index (χ0) is 18.9. The Hall–Kier alpha value is -1.16. The summed E-state index contributed by atoms with van der Waals surface area (Å²) in [6.45, 7) is 7.15. The minimum atomic E-state index is -0.0474. The molecule has 0 saturated carbocycles. The van der Waals surface area contributed by atoms with Crippen LogP contribution < -0.4 is 15.4 Å². The van der Waals surface area contributed by atoms with Gasteiger partial charge in [0.2, 0.25) is 5.91 Å². The molecule has 152 valence electrons. The Morgan fingerprint density at radius 2 is 2.04 bits per heavy atom. The minimum Gasteiger partial charge on any atom is -0.497 e. The molecule has 1 aliphatic rings. The van der Waals surface area contributed by atoms with Gasteiger partial charge in [-0.3, -0.25) is 9.79 Å². The molecule has 2 rings (SSSR count). The maximum Gasteiger partial charge on any atom is 0.239 e. The van der Waals surface area contributed by atoms with Crippen molar-refractivity contribution in [2.24, 2.45) is 10.9 Å². The molecule has 2 N–H and O–H groups in total. The van der Waals surface area contributed by atoms with E-state index in [1.807, 2.05) is 36.0 Å². The van der Waals surface area contributed by atoms with E-state index in [-0.39, 0.29) is 36.4 Å². The van der Waals surface area contributed by atoms with Crippen LogP contribution in [0, 0.1) is 5.92 Å². The number of halogens is 1. The number of benzene rings is 1. The van der Waals surface area contributed by atoms with Gasteiger partial charge >= 0.3 is 0 Å². The van der Waals surface area contributed by atoms with Crippen LogP contribution in [0.3, 0.4) is 0 Å². The summed E-state index contributed by atoms with van der Waals surface area (Å²) in [6, 6.07) is 7.67. The van der Waals surface area contributed by atoms with Gasteiger partial charge in [-0.05, 0) is 23.6 Å². The molecule has 1 aromatic carbocycles. The first-order valence-electron chi connectivity index (χ1n) is 9.00. The lowest BCUT2D eigenvalue weighted by molar-refractivity contribution is -0.120. The van der Waals surface area contributed by atoms with E-state index >= 15 is 0 Å². The lowest BCUT2D eigenvalue weighted by atomic mass is 10.1. The van der Waals surface area contributed by atoms with Gasteiger partial charge in [0.1, 0.15) is 5.75 Å². The Morgan fingerprint density at radius 3 is 2.63 bits per heavy atom. The normalized spacial score (nSPS) is 17.3. The fourth-order valence-corrected chi connectivity index (χ4v) is 4.07. The van der Waals surface area contributed by atoms with Crippen molar-refractivity contribution in [2.75, 3.05) is 39.5 Å². The third kappa shape index (κ3) is 7.77. The molecule has 1 fully saturated rings. The largest absolute Gasteiger partial charge is 0.497 e. The highest BCUT2D eigenvalue weighted by Crippen LogP contribution is 2.24. The van der Waals surface area contributed by atoms with Crippen LogP contribution in [0.1, 0.15) is 19.4 Å². The fourth-order valence-electron chi connectivity index (χ4n) is 2.77. The van der Waals surface area contributed by atoms with Gasteiger partial charge in [-0.1, -0.05) is 26.0 Å². The number of hydrogen-bond acceptors (Lipinski definition) is 4. The zero-order valence-electron chi connectivity index (χ0n) is 16.5. The number of ether oxygens (including phenoxy) is 1. The van der Waals surface area contributed by atoms with Crippen LogP contribution in [0.25, 0.3) is 0 Å². The minimum absolute atomic E-state index is 0. The molecule has 1 aliphatic heterocycles. The fraction of sp³-hybridized carbons (Fsp3) is 0.579. The number of nitrogens with zero attached hydrogens (tertiary/aromatic N) is 2. The number of methoxy groups -OCH3 is 1. The molecule has 1 saturated heterocycles. The van der Waals surface area contributed by atoms with Gasteiger partial charge in [0.15, 0.2) is 5.96 Å². The molecule has 8 heteroatoms. The molecular weight excluding hydrogens is 475 g/mol. The molecule has 27 heavy (non-hydrogen) atoms. The Kier molecular flexibility index (Phi) is 10.9. The van der Waals surface area contributed by atoms with Crippen molar-refractivity contribution in [1.82, 2.24) is 15.5 Å². The number of amides is 1. The summed E-state index contributed by atoms with van der Waals surface area (Å²) < 4.78 is 5.14. The first-order chi connectivity index (χ1) is 12.5. The number of thioether (sulfide) groups is 1. The van der Waals surface area contributed by atoms with E-state index in [9.17, 15) is 4.79 Å².